The van der Waals surface area contributed by atoms with E-state index in [9.17, 15) is 9.90 Å². The maximum atomic E-state index is 11.3. The van der Waals surface area contributed by atoms with Crippen molar-refractivity contribution in [2.75, 3.05) is 13.2 Å². The molecule has 22 heavy (non-hydrogen) atoms. The SMILES string of the molecule is C[C@@H]1[C@H](C(=O)O)CCCN1Cc1ccc(OCC2CC2)cc1. The first-order chi connectivity index (χ1) is 10.6. The molecular weight excluding hydrogens is 278 g/mol. The molecule has 1 N–H and O–H groups in total. The van der Waals surface area contributed by atoms with Crippen LogP contribution in [0, 0.1) is 11.8 Å². The van der Waals surface area contributed by atoms with Gasteiger partial charge in [0.15, 0.2) is 0 Å². The molecule has 4 heteroatoms. The van der Waals surface area contributed by atoms with Crippen molar-refractivity contribution in [1.29, 1.82) is 0 Å². The fourth-order valence-electron chi connectivity index (χ4n) is 3.19. The molecule has 2 fully saturated rings. The molecule has 1 aromatic carbocycles. The fraction of sp³-hybridized carbons (Fsp3) is 0.611. The zero-order valence-electron chi connectivity index (χ0n) is 13.2. The summed E-state index contributed by atoms with van der Waals surface area (Å²) in [5.41, 5.74) is 1.22. The summed E-state index contributed by atoms with van der Waals surface area (Å²) in [6.07, 6.45) is 4.36. The smallest absolute Gasteiger partial charge is 0.308 e. The highest BCUT2D eigenvalue weighted by Gasteiger charge is 2.32. The lowest BCUT2D eigenvalue weighted by Crippen LogP contribution is -2.45. The number of hydrogen-bond acceptors (Lipinski definition) is 3. The van der Waals surface area contributed by atoms with Crippen molar-refractivity contribution in [3.8, 4) is 5.75 Å². The van der Waals surface area contributed by atoms with Crippen molar-refractivity contribution in [3.05, 3.63) is 29.8 Å². The summed E-state index contributed by atoms with van der Waals surface area (Å²) in [5.74, 6) is 0.795. The molecule has 2 aliphatic rings. The standard InChI is InChI=1S/C18H25NO3/c1-13-17(18(20)21)3-2-10-19(13)11-14-6-8-16(9-7-14)22-12-15-4-5-15/h6-9,13,15,17H,2-5,10-12H2,1H3,(H,20,21)/t13-,17-/m1/s1. The van der Waals surface area contributed by atoms with Gasteiger partial charge in [0.2, 0.25) is 0 Å². The van der Waals surface area contributed by atoms with E-state index in [0.717, 1.165) is 44.2 Å². The number of nitrogens with zero attached hydrogens (tertiary/aromatic N) is 1. The summed E-state index contributed by atoms with van der Waals surface area (Å²) in [6, 6.07) is 8.35. The van der Waals surface area contributed by atoms with E-state index >= 15 is 0 Å². The highest BCUT2D eigenvalue weighted by Crippen LogP contribution is 2.30. The second-order valence-electron chi connectivity index (χ2n) is 6.70. The van der Waals surface area contributed by atoms with Crippen LogP contribution in [-0.4, -0.2) is 35.2 Å². The van der Waals surface area contributed by atoms with Crippen LogP contribution in [-0.2, 0) is 11.3 Å². The van der Waals surface area contributed by atoms with Crippen LogP contribution in [0.4, 0.5) is 0 Å². The number of carboxylic acid groups (broad SMARTS) is 1. The van der Waals surface area contributed by atoms with Crippen LogP contribution in [0.25, 0.3) is 0 Å². The van der Waals surface area contributed by atoms with Crippen LogP contribution in [0.2, 0.25) is 0 Å². The Bertz CT molecular complexity index is 510. The van der Waals surface area contributed by atoms with E-state index < -0.39 is 5.97 Å². The lowest BCUT2D eigenvalue weighted by molar-refractivity contribution is -0.145. The molecule has 1 aliphatic heterocycles. The van der Waals surface area contributed by atoms with Crippen LogP contribution < -0.4 is 4.74 Å². The molecule has 1 aliphatic carbocycles. The number of carbonyl (C=O) groups is 1. The zero-order chi connectivity index (χ0) is 15.5. The topological polar surface area (TPSA) is 49.8 Å². The van der Waals surface area contributed by atoms with Gasteiger partial charge in [0.1, 0.15) is 5.75 Å². The predicted molar refractivity (Wildman–Crippen MR) is 84.9 cm³/mol. The molecule has 0 amide bonds. The van der Waals surface area contributed by atoms with Crippen LogP contribution in [0.15, 0.2) is 24.3 Å². The van der Waals surface area contributed by atoms with E-state index in [-0.39, 0.29) is 12.0 Å². The van der Waals surface area contributed by atoms with Gasteiger partial charge in [-0.15, -0.1) is 0 Å². The lowest BCUT2D eigenvalue weighted by Gasteiger charge is -2.37. The summed E-state index contributed by atoms with van der Waals surface area (Å²) < 4.78 is 5.75. The maximum Gasteiger partial charge on any atom is 0.308 e. The maximum absolute atomic E-state index is 11.3. The first-order valence-electron chi connectivity index (χ1n) is 8.32. The van der Waals surface area contributed by atoms with E-state index in [4.69, 9.17) is 4.74 Å². The largest absolute Gasteiger partial charge is 0.493 e. The zero-order valence-corrected chi connectivity index (χ0v) is 13.2. The minimum absolute atomic E-state index is 0.0945. The van der Waals surface area contributed by atoms with Crippen molar-refractivity contribution in [3.63, 3.8) is 0 Å². The van der Waals surface area contributed by atoms with Crippen LogP contribution >= 0.6 is 0 Å². The number of hydrogen-bond donors (Lipinski definition) is 1. The number of rotatable bonds is 6. The molecule has 0 spiro atoms. The van der Waals surface area contributed by atoms with Crippen LogP contribution in [0.1, 0.15) is 38.2 Å². The number of aliphatic carboxylic acids is 1. The molecule has 0 unspecified atom stereocenters. The molecule has 4 nitrogen and oxygen atoms in total. The summed E-state index contributed by atoms with van der Waals surface area (Å²) in [6.45, 7) is 4.66. The first-order valence-corrected chi connectivity index (χ1v) is 8.32. The predicted octanol–water partition coefficient (Wildman–Crippen LogP) is 3.16. The van der Waals surface area contributed by atoms with Crippen molar-refractivity contribution in [2.24, 2.45) is 11.8 Å². The normalized spacial score (nSPS) is 25.9. The number of ether oxygens (including phenoxy) is 1. The average molecular weight is 303 g/mol. The van der Waals surface area contributed by atoms with E-state index in [1.807, 2.05) is 19.1 Å². The molecule has 0 radical (unpaired) electrons. The van der Waals surface area contributed by atoms with Gasteiger partial charge in [-0.25, -0.2) is 0 Å². The molecule has 1 saturated carbocycles. The molecule has 120 valence electrons. The summed E-state index contributed by atoms with van der Waals surface area (Å²) in [5, 5.41) is 9.29. The van der Waals surface area contributed by atoms with E-state index in [0.29, 0.717) is 0 Å². The van der Waals surface area contributed by atoms with Crippen molar-refractivity contribution in [1.82, 2.24) is 4.90 Å². The van der Waals surface area contributed by atoms with Gasteiger partial charge >= 0.3 is 5.97 Å². The number of benzene rings is 1. The molecule has 0 bridgehead atoms. The third-order valence-corrected chi connectivity index (χ3v) is 4.93. The molecule has 1 saturated heterocycles. The van der Waals surface area contributed by atoms with Crippen molar-refractivity contribution in [2.45, 2.75) is 45.2 Å². The van der Waals surface area contributed by atoms with Gasteiger partial charge in [0.25, 0.3) is 0 Å². The minimum Gasteiger partial charge on any atom is -0.493 e. The monoisotopic (exact) mass is 303 g/mol. The summed E-state index contributed by atoms with van der Waals surface area (Å²) in [4.78, 5) is 13.6. The molecule has 1 heterocycles. The Kier molecular flexibility index (Phi) is 4.67. The summed E-state index contributed by atoms with van der Waals surface area (Å²) >= 11 is 0. The number of likely N-dealkylation sites (tertiary alicyclic amines) is 1. The van der Waals surface area contributed by atoms with Gasteiger partial charge in [0.05, 0.1) is 12.5 Å². The molecular formula is C18H25NO3. The van der Waals surface area contributed by atoms with Gasteiger partial charge in [0, 0.05) is 12.6 Å². The average Bonchev–Trinajstić information content (AvgIpc) is 3.32. The van der Waals surface area contributed by atoms with Crippen LogP contribution in [0.5, 0.6) is 5.75 Å². The van der Waals surface area contributed by atoms with Crippen LogP contribution in [0.3, 0.4) is 0 Å². The van der Waals surface area contributed by atoms with Gasteiger partial charge < -0.3 is 9.84 Å². The lowest BCUT2D eigenvalue weighted by atomic mass is 9.90. The second-order valence-corrected chi connectivity index (χ2v) is 6.70. The Morgan fingerprint density at radius 3 is 2.64 bits per heavy atom. The quantitative estimate of drug-likeness (QED) is 0.877. The molecule has 0 aromatic heterocycles. The Balaban J connectivity index is 1.56. The van der Waals surface area contributed by atoms with Gasteiger partial charge in [-0.2, -0.15) is 0 Å². The van der Waals surface area contributed by atoms with Crippen molar-refractivity contribution < 1.29 is 14.6 Å². The van der Waals surface area contributed by atoms with Gasteiger partial charge in [-0.1, -0.05) is 12.1 Å². The Morgan fingerprint density at radius 1 is 1.27 bits per heavy atom. The highest BCUT2D eigenvalue weighted by molar-refractivity contribution is 5.70. The first kappa shape index (κ1) is 15.3. The minimum atomic E-state index is -0.666. The molecule has 3 rings (SSSR count). The second kappa shape index (κ2) is 6.69. The number of piperidine rings is 1. The Hall–Kier alpha value is -1.55. The molecule has 1 aromatic rings. The highest BCUT2D eigenvalue weighted by atomic mass is 16.5. The Labute approximate surface area is 132 Å². The fourth-order valence-corrected chi connectivity index (χ4v) is 3.19. The van der Waals surface area contributed by atoms with Crippen molar-refractivity contribution >= 4 is 5.97 Å². The third-order valence-electron chi connectivity index (χ3n) is 4.93. The Morgan fingerprint density at radius 2 is 2.00 bits per heavy atom. The number of carboxylic acids is 1. The van der Waals surface area contributed by atoms with Gasteiger partial charge in [-0.3, -0.25) is 9.69 Å². The molecule has 2 atom stereocenters. The van der Waals surface area contributed by atoms with E-state index in [1.165, 1.54) is 18.4 Å². The van der Waals surface area contributed by atoms with Gasteiger partial charge in [-0.05, 0) is 62.8 Å². The van der Waals surface area contributed by atoms with E-state index in [2.05, 4.69) is 17.0 Å². The third kappa shape index (κ3) is 3.80. The van der Waals surface area contributed by atoms with E-state index in [1.54, 1.807) is 0 Å². The summed E-state index contributed by atoms with van der Waals surface area (Å²) in [7, 11) is 0.